The van der Waals surface area contributed by atoms with Crippen molar-refractivity contribution >= 4 is 6.09 Å². The van der Waals surface area contributed by atoms with Gasteiger partial charge in [-0.1, -0.05) is 6.08 Å². The van der Waals surface area contributed by atoms with Gasteiger partial charge in [-0.05, 0) is 52.9 Å². The van der Waals surface area contributed by atoms with Crippen LogP contribution in [-0.4, -0.2) is 42.4 Å². The molecule has 1 atom stereocenters. The molecule has 0 saturated carbocycles. The first-order valence-corrected chi connectivity index (χ1v) is 7.63. The molecule has 116 valence electrons. The average molecular weight is 283 g/mol. The molecule has 4 heteroatoms. The van der Waals surface area contributed by atoms with Gasteiger partial charge in [0.2, 0.25) is 0 Å². The number of hydrogen-bond acceptors (Lipinski definition) is 3. The van der Waals surface area contributed by atoms with Crippen molar-refractivity contribution in [1.82, 2.24) is 4.90 Å². The summed E-state index contributed by atoms with van der Waals surface area (Å²) >= 11 is 0. The Bertz CT molecular complexity index is 309. The van der Waals surface area contributed by atoms with Crippen molar-refractivity contribution in [1.29, 1.82) is 0 Å². The Kier molecular flexibility index (Phi) is 7.06. The molecule has 0 aromatic rings. The van der Waals surface area contributed by atoms with Crippen molar-refractivity contribution in [3.63, 3.8) is 0 Å². The lowest BCUT2D eigenvalue weighted by molar-refractivity contribution is 0.000847. The Morgan fingerprint density at radius 2 is 2.15 bits per heavy atom. The molecule has 0 radical (unpaired) electrons. The highest BCUT2D eigenvalue weighted by atomic mass is 16.6. The first-order chi connectivity index (χ1) is 9.42. The molecule has 0 aliphatic carbocycles. The number of likely N-dealkylation sites (tertiary alicyclic amines) is 1. The fraction of sp³-hybridized carbons (Fsp3) is 0.812. The summed E-state index contributed by atoms with van der Waals surface area (Å²) < 4.78 is 11.3. The van der Waals surface area contributed by atoms with Crippen LogP contribution in [0, 0.1) is 0 Å². The van der Waals surface area contributed by atoms with Gasteiger partial charge in [0, 0.05) is 13.2 Å². The predicted molar refractivity (Wildman–Crippen MR) is 80.8 cm³/mol. The van der Waals surface area contributed by atoms with Crippen LogP contribution in [-0.2, 0) is 9.47 Å². The standard InChI is InChI=1S/C16H29NO3/c1-5-6-9-12-19-14-10-7-8-11-17(13-14)15(18)20-16(2,3)4/h5,14H,1,6-13H2,2-4H3. The van der Waals surface area contributed by atoms with Crippen molar-refractivity contribution in [3.05, 3.63) is 12.7 Å². The minimum atomic E-state index is -0.441. The quantitative estimate of drug-likeness (QED) is 0.569. The lowest BCUT2D eigenvalue weighted by Crippen LogP contribution is -2.41. The van der Waals surface area contributed by atoms with Crippen LogP contribution in [0.25, 0.3) is 0 Å². The number of allylic oxidation sites excluding steroid dienone is 1. The van der Waals surface area contributed by atoms with Gasteiger partial charge < -0.3 is 14.4 Å². The van der Waals surface area contributed by atoms with Crippen LogP contribution in [0.15, 0.2) is 12.7 Å². The largest absolute Gasteiger partial charge is 0.444 e. The lowest BCUT2D eigenvalue weighted by atomic mass is 10.2. The van der Waals surface area contributed by atoms with E-state index in [-0.39, 0.29) is 12.2 Å². The number of unbranched alkanes of at least 4 members (excludes halogenated alkanes) is 1. The van der Waals surface area contributed by atoms with Gasteiger partial charge in [0.25, 0.3) is 0 Å². The van der Waals surface area contributed by atoms with Gasteiger partial charge in [-0.2, -0.15) is 0 Å². The Balaban J connectivity index is 2.43. The molecule has 1 fully saturated rings. The second kappa shape index (κ2) is 8.30. The van der Waals surface area contributed by atoms with Crippen molar-refractivity contribution < 1.29 is 14.3 Å². The van der Waals surface area contributed by atoms with Crippen molar-refractivity contribution in [2.75, 3.05) is 19.7 Å². The molecule has 1 rings (SSSR count). The molecule has 4 nitrogen and oxygen atoms in total. The highest BCUT2D eigenvalue weighted by Gasteiger charge is 2.26. The maximum Gasteiger partial charge on any atom is 0.410 e. The summed E-state index contributed by atoms with van der Waals surface area (Å²) in [5.41, 5.74) is -0.441. The van der Waals surface area contributed by atoms with Crippen LogP contribution in [0.4, 0.5) is 4.79 Å². The van der Waals surface area contributed by atoms with Crippen molar-refractivity contribution in [2.24, 2.45) is 0 Å². The van der Waals surface area contributed by atoms with Gasteiger partial charge >= 0.3 is 6.09 Å². The zero-order valence-electron chi connectivity index (χ0n) is 13.2. The highest BCUT2D eigenvalue weighted by molar-refractivity contribution is 5.68. The van der Waals surface area contributed by atoms with Crippen molar-refractivity contribution in [3.8, 4) is 0 Å². The van der Waals surface area contributed by atoms with Crippen LogP contribution in [0.2, 0.25) is 0 Å². The molecular weight excluding hydrogens is 254 g/mol. The van der Waals surface area contributed by atoms with Gasteiger partial charge in [0.05, 0.1) is 12.6 Å². The molecule has 0 spiro atoms. The monoisotopic (exact) mass is 283 g/mol. The van der Waals surface area contributed by atoms with E-state index in [2.05, 4.69) is 6.58 Å². The predicted octanol–water partition coefficient (Wildman–Crippen LogP) is 3.76. The SMILES string of the molecule is C=CCCCOC1CCCCN(C(=O)OC(C)(C)C)C1. The minimum absolute atomic E-state index is 0.134. The molecule has 20 heavy (non-hydrogen) atoms. The topological polar surface area (TPSA) is 38.8 Å². The molecule has 0 N–H and O–H groups in total. The molecule has 1 aliphatic rings. The van der Waals surface area contributed by atoms with E-state index in [4.69, 9.17) is 9.47 Å². The summed E-state index contributed by atoms with van der Waals surface area (Å²) in [5, 5.41) is 0. The maximum absolute atomic E-state index is 12.1. The average Bonchev–Trinajstić information content (AvgIpc) is 2.58. The van der Waals surface area contributed by atoms with Gasteiger partial charge in [-0.3, -0.25) is 0 Å². The van der Waals surface area contributed by atoms with Crippen LogP contribution in [0.3, 0.4) is 0 Å². The summed E-state index contributed by atoms with van der Waals surface area (Å²) in [5.74, 6) is 0. The van der Waals surface area contributed by atoms with Crippen molar-refractivity contribution in [2.45, 2.75) is 64.6 Å². The Labute approximate surface area is 123 Å². The number of hydrogen-bond donors (Lipinski definition) is 0. The number of ether oxygens (including phenoxy) is 2. The first-order valence-electron chi connectivity index (χ1n) is 7.63. The zero-order chi connectivity index (χ0) is 15.0. The third-order valence-corrected chi connectivity index (χ3v) is 3.19. The van der Waals surface area contributed by atoms with E-state index in [0.717, 1.165) is 45.3 Å². The molecule has 1 heterocycles. The fourth-order valence-corrected chi connectivity index (χ4v) is 2.21. The van der Waals surface area contributed by atoms with Crippen LogP contribution >= 0.6 is 0 Å². The first kappa shape index (κ1) is 17.0. The van der Waals surface area contributed by atoms with Gasteiger partial charge in [-0.15, -0.1) is 6.58 Å². The van der Waals surface area contributed by atoms with Crippen LogP contribution in [0.1, 0.15) is 52.9 Å². The second-order valence-corrected chi connectivity index (χ2v) is 6.35. The van der Waals surface area contributed by atoms with E-state index in [1.165, 1.54) is 0 Å². The van der Waals surface area contributed by atoms with Gasteiger partial charge in [0.15, 0.2) is 0 Å². The summed E-state index contributed by atoms with van der Waals surface area (Å²) in [6.07, 6.45) is 6.93. The van der Waals surface area contributed by atoms with Gasteiger partial charge in [0.1, 0.15) is 5.60 Å². The fourth-order valence-electron chi connectivity index (χ4n) is 2.21. The Hall–Kier alpha value is -1.03. The number of rotatable bonds is 5. The molecule has 0 aromatic carbocycles. The second-order valence-electron chi connectivity index (χ2n) is 6.35. The molecule has 0 bridgehead atoms. The maximum atomic E-state index is 12.1. The minimum Gasteiger partial charge on any atom is -0.444 e. The number of nitrogens with zero attached hydrogens (tertiary/aromatic N) is 1. The molecule has 1 aliphatic heterocycles. The molecule has 1 saturated heterocycles. The van der Waals surface area contributed by atoms with E-state index in [1.807, 2.05) is 26.8 Å². The molecule has 0 aromatic heterocycles. The summed E-state index contributed by atoms with van der Waals surface area (Å²) in [6, 6.07) is 0. The van der Waals surface area contributed by atoms with E-state index in [1.54, 1.807) is 4.90 Å². The van der Waals surface area contributed by atoms with Gasteiger partial charge in [-0.25, -0.2) is 4.79 Å². The zero-order valence-corrected chi connectivity index (χ0v) is 13.2. The number of carbonyl (C=O) groups excluding carboxylic acids is 1. The number of carbonyl (C=O) groups is 1. The van der Waals surface area contributed by atoms with Crippen LogP contribution < -0.4 is 0 Å². The van der Waals surface area contributed by atoms with E-state index < -0.39 is 5.60 Å². The molecule has 1 unspecified atom stereocenters. The summed E-state index contributed by atoms with van der Waals surface area (Å²) in [4.78, 5) is 13.9. The lowest BCUT2D eigenvalue weighted by Gasteiger charge is -2.28. The third-order valence-electron chi connectivity index (χ3n) is 3.19. The third kappa shape index (κ3) is 6.94. The molecule has 1 amide bonds. The number of amides is 1. The highest BCUT2D eigenvalue weighted by Crippen LogP contribution is 2.17. The van der Waals surface area contributed by atoms with E-state index in [9.17, 15) is 4.79 Å². The summed E-state index contributed by atoms with van der Waals surface area (Å²) in [6.45, 7) is 11.5. The smallest absolute Gasteiger partial charge is 0.410 e. The Morgan fingerprint density at radius 1 is 1.40 bits per heavy atom. The molecular formula is C16H29NO3. The Morgan fingerprint density at radius 3 is 2.80 bits per heavy atom. The van der Waals surface area contributed by atoms with Crippen LogP contribution in [0.5, 0.6) is 0 Å². The summed E-state index contributed by atoms with van der Waals surface area (Å²) in [7, 11) is 0. The van der Waals surface area contributed by atoms with E-state index >= 15 is 0 Å². The normalized spacial score (nSPS) is 20.4. The van der Waals surface area contributed by atoms with E-state index in [0.29, 0.717) is 6.54 Å².